The number of nitro benzene ring substituents is 1. The number of imide groups is 2. The molecule has 2 aromatic rings. The molecule has 3 aliphatic heterocycles. The maximum absolute atomic E-state index is 14.1. The van der Waals surface area contributed by atoms with Gasteiger partial charge in [0.2, 0.25) is 11.8 Å². The van der Waals surface area contributed by atoms with Gasteiger partial charge < -0.3 is 4.90 Å². The Bertz CT molecular complexity index is 1170. The van der Waals surface area contributed by atoms with Gasteiger partial charge in [0.15, 0.2) is 5.41 Å². The summed E-state index contributed by atoms with van der Waals surface area (Å²) in [5, 5.41) is 13.8. The minimum atomic E-state index is -1.53. The predicted molar refractivity (Wildman–Crippen MR) is 119 cm³/mol. The molecule has 4 amide bonds. The zero-order valence-electron chi connectivity index (χ0n) is 18.2. The molecule has 2 saturated heterocycles. The average molecular weight is 448 g/mol. The second-order valence-corrected chi connectivity index (χ2v) is 8.94. The minimum absolute atomic E-state index is 0.0150. The van der Waals surface area contributed by atoms with Crippen LogP contribution in [0.5, 0.6) is 0 Å². The molecule has 2 aromatic carbocycles. The molecule has 0 aliphatic carbocycles. The van der Waals surface area contributed by atoms with Crippen molar-refractivity contribution in [2.24, 2.45) is 5.41 Å². The van der Waals surface area contributed by atoms with Gasteiger partial charge in [-0.1, -0.05) is 30.3 Å². The molecule has 3 aliphatic rings. The molecule has 9 heteroatoms. The lowest BCUT2D eigenvalue weighted by Crippen LogP contribution is -2.72. The van der Waals surface area contributed by atoms with Crippen molar-refractivity contribution >= 4 is 29.2 Å². The second-order valence-electron chi connectivity index (χ2n) is 8.94. The lowest BCUT2D eigenvalue weighted by atomic mass is 9.66. The van der Waals surface area contributed by atoms with E-state index in [1.807, 2.05) is 35.2 Å². The summed E-state index contributed by atoms with van der Waals surface area (Å²) in [5.74, 6) is -1.16. The van der Waals surface area contributed by atoms with Crippen LogP contribution in [0.1, 0.15) is 43.4 Å². The van der Waals surface area contributed by atoms with Crippen LogP contribution in [0.15, 0.2) is 48.5 Å². The van der Waals surface area contributed by atoms with E-state index in [0.717, 1.165) is 29.0 Å². The van der Waals surface area contributed by atoms with Gasteiger partial charge in [-0.15, -0.1) is 0 Å². The molecule has 0 saturated carbocycles. The third-order valence-corrected chi connectivity index (χ3v) is 7.24. The average Bonchev–Trinajstić information content (AvgIpc) is 2.82. The molecule has 3 atom stereocenters. The molecule has 9 nitrogen and oxygen atoms in total. The fraction of sp³-hybridized carbons (Fsp3) is 0.375. The maximum Gasteiger partial charge on any atom is 0.331 e. The summed E-state index contributed by atoms with van der Waals surface area (Å²) in [7, 11) is 0. The maximum atomic E-state index is 14.1. The van der Waals surface area contributed by atoms with E-state index in [-0.39, 0.29) is 12.1 Å². The number of amides is 4. The molecule has 0 bridgehead atoms. The largest absolute Gasteiger partial charge is 0.367 e. The van der Waals surface area contributed by atoms with Gasteiger partial charge in [-0.3, -0.25) is 29.9 Å². The van der Waals surface area contributed by atoms with Crippen LogP contribution in [0.2, 0.25) is 0 Å². The minimum Gasteiger partial charge on any atom is -0.367 e. The zero-order chi connectivity index (χ0) is 23.3. The summed E-state index contributed by atoms with van der Waals surface area (Å²) in [6.45, 7) is 2.40. The number of nitrogens with one attached hydrogen (secondary N) is 1. The quantitative estimate of drug-likeness (QED) is 0.438. The van der Waals surface area contributed by atoms with E-state index in [1.54, 1.807) is 13.0 Å². The zero-order valence-corrected chi connectivity index (χ0v) is 18.2. The Balaban J connectivity index is 1.64. The summed E-state index contributed by atoms with van der Waals surface area (Å²) in [6, 6.07) is 12.1. The Hall–Kier alpha value is -3.75. The number of carbonyl (C=O) groups is 3. The molecule has 1 spiro atoms. The van der Waals surface area contributed by atoms with Gasteiger partial charge in [0, 0.05) is 30.8 Å². The van der Waals surface area contributed by atoms with Crippen molar-refractivity contribution in [3.8, 4) is 0 Å². The van der Waals surface area contributed by atoms with E-state index in [0.29, 0.717) is 18.5 Å². The van der Waals surface area contributed by atoms with E-state index >= 15 is 0 Å². The highest BCUT2D eigenvalue weighted by atomic mass is 16.6. The van der Waals surface area contributed by atoms with Gasteiger partial charge in [-0.05, 0) is 43.4 Å². The Kier molecular flexibility index (Phi) is 4.92. The first-order chi connectivity index (χ1) is 15.8. The number of rotatable bonds is 3. The number of benzene rings is 2. The first-order valence-corrected chi connectivity index (χ1v) is 11.1. The Morgan fingerprint density at radius 2 is 1.88 bits per heavy atom. The monoisotopic (exact) mass is 448 g/mol. The molecule has 0 unspecified atom stereocenters. The second kappa shape index (κ2) is 7.68. The third kappa shape index (κ3) is 3.10. The lowest BCUT2D eigenvalue weighted by Gasteiger charge is -2.54. The topological polar surface area (TPSA) is 113 Å². The predicted octanol–water partition coefficient (Wildman–Crippen LogP) is 3.34. The standard InChI is InChI=1S/C24H24N4O5/c1-15(16-7-3-2-4-8-16)27-22(30)24(21(29)25-23(27)31)14-17-13-18(28(32)33)10-11-19(17)26-12-6-5-9-20(24)26/h2-4,7-8,10-11,13,15,20H,5-6,9,12,14H2,1H3,(H,25,29,31)/t15-,20+,24-/m0/s1. The van der Waals surface area contributed by atoms with E-state index in [2.05, 4.69) is 5.32 Å². The SMILES string of the molecule is C[C@@H](c1ccccc1)N1C(=O)NC(=O)[C@@]2(Cc3cc([N+](=O)[O-])ccc3N3CCCC[C@@H]32)C1=O. The number of fused-ring (bicyclic) bond motifs is 4. The molecule has 2 fully saturated rings. The van der Waals surface area contributed by atoms with Crippen LogP contribution in [-0.2, 0) is 16.0 Å². The van der Waals surface area contributed by atoms with Gasteiger partial charge in [0.1, 0.15) is 0 Å². The summed E-state index contributed by atoms with van der Waals surface area (Å²) in [4.78, 5) is 54.5. The normalized spacial score (nSPS) is 25.4. The fourth-order valence-electron chi connectivity index (χ4n) is 5.61. The smallest absolute Gasteiger partial charge is 0.331 e. The van der Waals surface area contributed by atoms with Crippen molar-refractivity contribution in [2.75, 3.05) is 11.4 Å². The highest BCUT2D eigenvalue weighted by Crippen LogP contribution is 2.49. The Morgan fingerprint density at radius 3 is 2.61 bits per heavy atom. The highest BCUT2D eigenvalue weighted by molar-refractivity contribution is 6.20. The number of hydrogen-bond acceptors (Lipinski definition) is 6. The number of hydrogen-bond donors (Lipinski definition) is 1. The number of nitrogens with zero attached hydrogens (tertiary/aromatic N) is 3. The van der Waals surface area contributed by atoms with Crippen LogP contribution in [0.3, 0.4) is 0 Å². The van der Waals surface area contributed by atoms with Crippen LogP contribution >= 0.6 is 0 Å². The van der Waals surface area contributed by atoms with E-state index in [9.17, 15) is 24.5 Å². The number of non-ortho nitro benzene ring substituents is 1. The number of barbiturate groups is 1. The number of nitro groups is 1. The molecule has 3 heterocycles. The van der Waals surface area contributed by atoms with Crippen LogP contribution in [0, 0.1) is 15.5 Å². The fourth-order valence-corrected chi connectivity index (χ4v) is 5.61. The number of carbonyl (C=O) groups excluding carboxylic acids is 3. The van der Waals surface area contributed by atoms with Crippen molar-refractivity contribution in [2.45, 2.75) is 44.7 Å². The first-order valence-electron chi connectivity index (χ1n) is 11.1. The van der Waals surface area contributed by atoms with Crippen molar-refractivity contribution in [3.05, 3.63) is 69.8 Å². The van der Waals surface area contributed by atoms with Gasteiger partial charge in [0.05, 0.1) is 17.0 Å². The molecule has 0 aromatic heterocycles. The molecule has 5 rings (SSSR count). The van der Waals surface area contributed by atoms with Crippen molar-refractivity contribution in [3.63, 3.8) is 0 Å². The van der Waals surface area contributed by atoms with Crippen molar-refractivity contribution in [1.82, 2.24) is 10.2 Å². The number of urea groups is 1. The Labute approximate surface area is 190 Å². The van der Waals surface area contributed by atoms with Gasteiger partial charge in [-0.2, -0.15) is 0 Å². The van der Waals surface area contributed by atoms with E-state index < -0.39 is 40.3 Å². The van der Waals surface area contributed by atoms with Gasteiger partial charge in [-0.25, -0.2) is 4.79 Å². The Morgan fingerprint density at radius 1 is 1.12 bits per heavy atom. The van der Waals surface area contributed by atoms with E-state index in [4.69, 9.17) is 0 Å². The highest BCUT2D eigenvalue weighted by Gasteiger charge is 2.62. The van der Waals surface area contributed by atoms with Gasteiger partial charge >= 0.3 is 6.03 Å². The molecule has 170 valence electrons. The summed E-state index contributed by atoms with van der Waals surface area (Å²) >= 11 is 0. The van der Waals surface area contributed by atoms with Crippen LogP contribution in [0.4, 0.5) is 16.2 Å². The van der Waals surface area contributed by atoms with Crippen LogP contribution < -0.4 is 10.2 Å². The van der Waals surface area contributed by atoms with E-state index in [1.165, 1.54) is 12.1 Å². The number of anilines is 1. The van der Waals surface area contributed by atoms with Crippen LogP contribution in [0.25, 0.3) is 0 Å². The van der Waals surface area contributed by atoms with Crippen LogP contribution in [-0.4, -0.2) is 40.3 Å². The molecular weight excluding hydrogens is 424 g/mol. The van der Waals surface area contributed by atoms with Crippen molar-refractivity contribution in [1.29, 1.82) is 0 Å². The molecule has 1 N–H and O–H groups in total. The molecule has 33 heavy (non-hydrogen) atoms. The number of piperidine rings is 1. The molecule has 0 radical (unpaired) electrons. The van der Waals surface area contributed by atoms with Gasteiger partial charge in [0.25, 0.3) is 5.69 Å². The van der Waals surface area contributed by atoms with Crippen molar-refractivity contribution < 1.29 is 19.3 Å². The molecular formula is C24H24N4O5. The summed E-state index contributed by atoms with van der Waals surface area (Å²) in [5.41, 5.74) is 0.551. The summed E-state index contributed by atoms with van der Waals surface area (Å²) in [6.07, 6.45) is 2.38. The first kappa shape index (κ1) is 21.1. The third-order valence-electron chi connectivity index (χ3n) is 7.24. The lowest BCUT2D eigenvalue weighted by molar-refractivity contribution is -0.384. The summed E-state index contributed by atoms with van der Waals surface area (Å²) < 4.78 is 0.